The van der Waals surface area contributed by atoms with Crippen LogP contribution in [0.15, 0.2) is 0 Å². The maximum absolute atomic E-state index is 5.73. The van der Waals surface area contributed by atoms with E-state index in [1.807, 2.05) is 0 Å². The van der Waals surface area contributed by atoms with Gasteiger partial charge in [0.25, 0.3) is 0 Å². The van der Waals surface area contributed by atoms with E-state index in [4.69, 9.17) is 9.78 Å². The van der Waals surface area contributed by atoms with Gasteiger partial charge < -0.3 is 0 Å². The zero-order valence-corrected chi connectivity index (χ0v) is 14.6. The molecule has 118 valence electrons. The second kappa shape index (κ2) is 4.98. The minimum atomic E-state index is -0.164. The van der Waals surface area contributed by atoms with Crippen LogP contribution in [0.1, 0.15) is 87.0 Å². The normalized spacial score (nSPS) is 30.1. The molecule has 0 atom stereocenters. The van der Waals surface area contributed by atoms with E-state index in [2.05, 4.69) is 48.5 Å². The van der Waals surface area contributed by atoms with Crippen molar-refractivity contribution in [1.29, 1.82) is 0 Å². The number of rotatable bonds is 0. The van der Waals surface area contributed by atoms with Crippen LogP contribution in [-0.4, -0.2) is 11.2 Å². The molecule has 2 rings (SSSR count). The van der Waals surface area contributed by atoms with Crippen molar-refractivity contribution >= 4 is 0 Å². The zero-order valence-electron chi connectivity index (χ0n) is 14.6. The molecule has 0 N–H and O–H groups in total. The molecule has 1 saturated carbocycles. The summed E-state index contributed by atoms with van der Waals surface area (Å²) in [7, 11) is 0. The van der Waals surface area contributed by atoms with Gasteiger partial charge in [-0.2, -0.15) is 0 Å². The minimum Gasteiger partial charge on any atom is -0.230 e. The Morgan fingerprint density at radius 1 is 0.800 bits per heavy atom. The van der Waals surface area contributed by atoms with Gasteiger partial charge in [-0.05, 0) is 83.0 Å². The monoisotopic (exact) mass is 282 g/mol. The first-order valence-electron chi connectivity index (χ1n) is 8.30. The van der Waals surface area contributed by atoms with Crippen molar-refractivity contribution in [3.8, 4) is 0 Å². The van der Waals surface area contributed by atoms with E-state index in [1.54, 1.807) is 0 Å². The third-order valence-corrected chi connectivity index (χ3v) is 5.37. The van der Waals surface area contributed by atoms with Gasteiger partial charge >= 0.3 is 0 Å². The predicted octanol–water partition coefficient (Wildman–Crippen LogP) is 5.51. The number of hydrogen-bond acceptors (Lipinski definition) is 2. The lowest BCUT2D eigenvalue weighted by molar-refractivity contribution is -0.393. The molecule has 1 spiro atoms. The van der Waals surface area contributed by atoms with E-state index in [0.717, 1.165) is 18.8 Å². The fraction of sp³-hybridized carbons (Fsp3) is 1.00. The minimum absolute atomic E-state index is 0.164. The molecule has 0 radical (unpaired) electrons. The van der Waals surface area contributed by atoms with Crippen LogP contribution in [0.25, 0.3) is 0 Å². The Balaban J connectivity index is 2.13. The first-order valence-corrected chi connectivity index (χ1v) is 8.30. The maximum Gasteiger partial charge on any atom is 0.0985 e. The SMILES string of the molecule is CC1(C)CC2(CCC(C(C)(C)C)CC2)CC(C)(C)OO1. The third kappa shape index (κ3) is 3.76. The van der Waals surface area contributed by atoms with Crippen LogP contribution in [-0.2, 0) is 9.78 Å². The van der Waals surface area contributed by atoms with E-state index >= 15 is 0 Å². The van der Waals surface area contributed by atoms with Gasteiger partial charge in [0.2, 0.25) is 0 Å². The van der Waals surface area contributed by atoms with Crippen LogP contribution >= 0.6 is 0 Å². The molecule has 2 heteroatoms. The fourth-order valence-electron chi connectivity index (χ4n) is 4.60. The van der Waals surface area contributed by atoms with E-state index in [9.17, 15) is 0 Å². The molecule has 0 aromatic rings. The second-order valence-electron chi connectivity index (χ2n) is 9.68. The van der Waals surface area contributed by atoms with Gasteiger partial charge in [0, 0.05) is 0 Å². The van der Waals surface area contributed by atoms with Crippen molar-refractivity contribution in [1.82, 2.24) is 0 Å². The summed E-state index contributed by atoms with van der Waals surface area (Å²) in [6.07, 6.45) is 7.62. The molecule has 20 heavy (non-hydrogen) atoms. The van der Waals surface area contributed by atoms with Gasteiger partial charge in [-0.15, -0.1) is 0 Å². The van der Waals surface area contributed by atoms with Crippen LogP contribution in [0.4, 0.5) is 0 Å². The summed E-state index contributed by atoms with van der Waals surface area (Å²) in [5.74, 6) is 0.865. The smallest absolute Gasteiger partial charge is 0.0985 e. The highest BCUT2D eigenvalue weighted by Gasteiger charge is 2.48. The highest BCUT2D eigenvalue weighted by Crippen LogP contribution is 2.54. The Morgan fingerprint density at radius 3 is 1.55 bits per heavy atom. The highest BCUT2D eigenvalue weighted by atomic mass is 17.2. The van der Waals surface area contributed by atoms with Gasteiger partial charge in [0.15, 0.2) is 0 Å². The molecule has 0 unspecified atom stereocenters. The average molecular weight is 282 g/mol. The van der Waals surface area contributed by atoms with Gasteiger partial charge in [0.1, 0.15) is 0 Å². The molecule has 2 nitrogen and oxygen atoms in total. The lowest BCUT2D eigenvalue weighted by Gasteiger charge is -2.46. The van der Waals surface area contributed by atoms with Crippen molar-refractivity contribution in [3.63, 3.8) is 0 Å². The maximum atomic E-state index is 5.73. The third-order valence-electron chi connectivity index (χ3n) is 5.37. The number of hydrogen-bond donors (Lipinski definition) is 0. The molecule has 1 saturated heterocycles. The standard InChI is InChI=1S/C18H34O2/c1-15(2,3)14-8-10-18(11-9-14)12-16(4,5)19-20-17(6,7)13-18/h14H,8-13H2,1-7H3. The Bertz CT molecular complexity index is 321. The average Bonchev–Trinajstić information content (AvgIpc) is 2.32. The van der Waals surface area contributed by atoms with Crippen molar-refractivity contribution in [2.45, 2.75) is 98.2 Å². The van der Waals surface area contributed by atoms with Gasteiger partial charge in [-0.3, -0.25) is 0 Å². The molecule has 0 aromatic heterocycles. The molecular formula is C18H34O2. The predicted molar refractivity (Wildman–Crippen MR) is 83.4 cm³/mol. The second-order valence-corrected chi connectivity index (χ2v) is 9.68. The summed E-state index contributed by atoms with van der Waals surface area (Å²) in [5, 5.41) is 0. The van der Waals surface area contributed by atoms with Crippen molar-refractivity contribution in [2.24, 2.45) is 16.7 Å². The summed E-state index contributed by atoms with van der Waals surface area (Å²) in [6.45, 7) is 15.9. The van der Waals surface area contributed by atoms with Crippen molar-refractivity contribution in [2.75, 3.05) is 0 Å². The zero-order chi connectivity index (χ0) is 15.2. The molecule has 2 fully saturated rings. The highest BCUT2D eigenvalue weighted by molar-refractivity contribution is 4.96. The molecule has 0 bridgehead atoms. The Kier molecular flexibility index (Phi) is 4.06. The summed E-state index contributed by atoms with van der Waals surface area (Å²) in [4.78, 5) is 11.5. The van der Waals surface area contributed by atoms with E-state index in [1.165, 1.54) is 25.7 Å². The Morgan fingerprint density at radius 2 is 1.20 bits per heavy atom. The van der Waals surface area contributed by atoms with Gasteiger partial charge in [-0.1, -0.05) is 20.8 Å². The Labute approximate surface area is 125 Å². The van der Waals surface area contributed by atoms with E-state index in [0.29, 0.717) is 10.8 Å². The first-order chi connectivity index (χ1) is 8.93. The summed E-state index contributed by atoms with van der Waals surface area (Å²) in [5.41, 5.74) is 0.528. The van der Waals surface area contributed by atoms with E-state index < -0.39 is 0 Å². The van der Waals surface area contributed by atoms with Crippen molar-refractivity contribution < 1.29 is 9.78 Å². The summed E-state index contributed by atoms with van der Waals surface area (Å²) in [6, 6.07) is 0. The molecule has 1 aliphatic heterocycles. The van der Waals surface area contributed by atoms with Crippen LogP contribution in [0, 0.1) is 16.7 Å². The van der Waals surface area contributed by atoms with Gasteiger partial charge in [-0.25, -0.2) is 9.78 Å². The van der Waals surface area contributed by atoms with Crippen molar-refractivity contribution in [3.05, 3.63) is 0 Å². The van der Waals surface area contributed by atoms with Crippen LogP contribution in [0.5, 0.6) is 0 Å². The van der Waals surface area contributed by atoms with Crippen LogP contribution in [0.2, 0.25) is 0 Å². The lowest BCUT2D eigenvalue weighted by atomic mass is 9.59. The molecule has 1 aliphatic carbocycles. The van der Waals surface area contributed by atoms with E-state index in [-0.39, 0.29) is 11.2 Å². The Hall–Kier alpha value is -0.0800. The summed E-state index contributed by atoms with van der Waals surface area (Å²) < 4.78 is 0. The summed E-state index contributed by atoms with van der Waals surface area (Å²) >= 11 is 0. The molecule has 1 heterocycles. The van der Waals surface area contributed by atoms with Crippen LogP contribution in [0.3, 0.4) is 0 Å². The van der Waals surface area contributed by atoms with Crippen LogP contribution < -0.4 is 0 Å². The molecule has 2 aliphatic rings. The topological polar surface area (TPSA) is 18.5 Å². The first kappa shape index (κ1) is 16.3. The van der Waals surface area contributed by atoms with Gasteiger partial charge in [0.05, 0.1) is 11.2 Å². The molecular weight excluding hydrogens is 248 g/mol. The largest absolute Gasteiger partial charge is 0.230 e. The lowest BCUT2D eigenvalue weighted by Crippen LogP contribution is -2.39. The quantitative estimate of drug-likeness (QED) is 0.545. The molecule has 0 amide bonds. The fourth-order valence-corrected chi connectivity index (χ4v) is 4.60. The molecule has 0 aromatic carbocycles.